The van der Waals surface area contributed by atoms with E-state index in [9.17, 15) is 13.2 Å². The van der Waals surface area contributed by atoms with Crippen molar-refractivity contribution >= 4 is 11.6 Å². The van der Waals surface area contributed by atoms with E-state index in [1.165, 1.54) is 0 Å². The van der Waals surface area contributed by atoms with Crippen LogP contribution in [0.3, 0.4) is 0 Å². The first-order valence-electron chi connectivity index (χ1n) is 6.38. The fraction of sp³-hybridized carbons (Fsp3) is 0.357. The smallest absolute Gasteiger partial charge is 0.207 e. The number of imidazole rings is 1. The molecular weight excluding hydrogens is 283 g/mol. The Kier molecular flexibility index (Phi) is 4.52. The van der Waals surface area contributed by atoms with Gasteiger partial charge in [-0.05, 0) is 13.8 Å². The normalized spacial score (nSPS) is 12.5. The molecule has 1 aromatic heterocycles. The minimum absolute atomic E-state index is 0.0196. The lowest BCUT2D eigenvalue weighted by molar-refractivity contribution is 0.163. The molecule has 7 heteroatoms. The van der Waals surface area contributed by atoms with Crippen molar-refractivity contribution in [3.63, 3.8) is 0 Å². The summed E-state index contributed by atoms with van der Waals surface area (Å²) in [4.78, 5) is 4.25. The molecule has 2 rings (SSSR count). The predicted octanol–water partition coefficient (Wildman–Crippen LogP) is 3.56. The standard InChI is InChI=1S/C14H16F3N3O/c1-8-6-20(9(2)7-21-3)14(18-8)19-10-4-11(15)13(17)12(16)5-10/h4-6,9H,7H2,1-3H3,(H,18,19). The average molecular weight is 299 g/mol. The number of ether oxygens (including phenoxy) is 1. The van der Waals surface area contributed by atoms with Crippen LogP contribution >= 0.6 is 0 Å². The minimum Gasteiger partial charge on any atom is -0.383 e. The van der Waals surface area contributed by atoms with Crippen molar-refractivity contribution in [2.45, 2.75) is 19.9 Å². The van der Waals surface area contributed by atoms with E-state index in [1.807, 2.05) is 6.92 Å². The summed E-state index contributed by atoms with van der Waals surface area (Å²) in [6.45, 7) is 4.17. The van der Waals surface area contributed by atoms with Crippen molar-refractivity contribution < 1.29 is 17.9 Å². The Morgan fingerprint density at radius 2 is 1.90 bits per heavy atom. The molecule has 1 atom stereocenters. The second-order valence-electron chi connectivity index (χ2n) is 4.80. The molecule has 0 aliphatic rings. The number of rotatable bonds is 5. The highest BCUT2D eigenvalue weighted by Gasteiger charge is 2.15. The third kappa shape index (κ3) is 3.36. The molecule has 4 nitrogen and oxygen atoms in total. The fourth-order valence-corrected chi connectivity index (χ4v) is 2.02. The summed E-state index contributed by atoms with van der Waals surface area (Å²) in [6.07, 6.45) is 1.79. The molecule has 1 heterocycles. The molecule has 1 unspecified atom stereocenters. The molecule has 1 N–H and O–H groups in total. The molecule has 21 heavy (non-hydrogen) atoms. The summed E-state index contributed by atoms with van der Waals surface area (Å²) in [6, 6.07) is 1.75. The van der Waals surface area contributed by atoms with E-state index in [0.717, 1.165) is 17.8 Å². The van der Waals surface area contributed by atoms with E-state index >= 15 is 0 Å². The Hall–Kier alpha value is -2.02. The van der Waals surface area contributed by atoms with E-state index in [4.69, 9.17) is 4.74 Å². The third-order valence-corrected chi connectivity index (χ3v) is 2.98. The molecule has 1 aromatic carbocycles. The highest BCUT2D eigenvalue weighted by atomic mass is 19.2. The van der Waals surface area contributed by atoms with Crippen molar-refractivity contribution in [1.82, 2.24) is 9.55 Å². The number of anilines is 2. The van der Waals surface area contributed by atoms with Crippen molar-refractivity contribution in [3.05, 3.63) is 41.5 Å². The lowest BCUT2D eigenvalue weighted by Crippen LogP contribution is -2.13. The van der Waals surface area contributed by atoms with E-state index < -0.39 is 17.5 Å². The van der Waals surface area contributed by atoms with Crippen LogP contribution < -0.4 is 5.32 Å². The molecule has 0 fully saturated rings. The van der Waals surface area contributed by atoms with E-state index in [1.54, 1.807) is 24.8 Å². The predicted molar refractivity (Wildman–Crippen MR) is 73.1 cm³/mol. The van der Waals surface area contributed by atoms with Gasteiger partial charge in [0.2, 0.25) is 5.95 Å². The third-order valence-electron chi connectivity index (χ3n) is 2.98. The summed E-state index contributed by atoms with van der Waals surface area (Å²) in [5.74, 6) is -3.59. The van der Waals surface area contributed by atoms with Crippen LogP contribution in [0.4, 0.5) is 24.8 Å². The topological polar surface area (TPSA) is 39.1 Å². The van der Waals surface area contributed by atoms with Crippen LogP contribution in [0.2, 0.25) is 0 Å². The summed E-state index contributed by atoms with van der Waals surface area (Å²) in [5, 5.41) is 2.79. The molecule has 2 aromatic rings. The van der Waals surface area contributed by atoms with Gasteiger partial charge in [0.1, 0.15) is 0 Å². The van der Waals surface area contributed by atoms with Crippen LogP contribution in [0, 0.1) is 24.4 Å². The first-order valence-corrected chi connectivity index (χ1v) is 6.38. The number of hydrogen-bond acceptors (Lipinski definition) is 3. The molecular formula is C14H16F3N3O. The van der Waals surface area contributed by atoms with Gasteiger partial charge in [0.05, 0.1) is 18.3 Å². The quantitative estimate of drug-likeness (QED) is 0.858. The van der Waals surface area contributed by atoms with E-state index in [-0.39, 0.29) is 11.7 Å². The number of aryl methyl sites for hydroxylation is 1. The van der Waals surface area contributed by atoms with Gasteiger partial charge in [-0.25, -0.2) is 18.2 Å². The Bertz CT molecular complexity index is 619. The van der Waals surface area contributed by atoms with Crippen molar-refractivity contribution in [2.24, 2.45) is 0 Å². The molecule has 0 saturated carbocycles. The maximum absolute atomic E-state index is 13.2. The van der Waals surface area contributed by atoms with Crippen molar-refractivity contribution in [2.75, 3.05) is 19.0 Å². The Labute approximate surface area is 120 Å². The fourth-order valence-electron chi connectivity index (χ4n) is 2.02. The summed E-state index contributed by atoms with van der Waals surface area (Å²) >= 11 is 0. The lowest BCUT2D eigenvalue weighted by atomic mass is 10.3. The molecule has 0 aliphatic carbocycles. The van der Waals surface area contributed by atoms with Gasteiger partial charge in [-0.1, -0.05) is 0 Å². The van der Waals surface area contributed by atoms with Gasteiger partial charge in [-0.3, -0.25) is 0 Å². The molecule has 0 radical (unpaired) electrons. The zero-order chi connectivity index (χ0) is 15.6. The number of nitrogens with one attached hydrogen (secondary N) is 1. The highest BCUT2D eigenvalue weighted by Crippen LogP contribution is 2.23. The number of methoxy groups -OCH3 is 1. The lowest BCUT2D eigenvalue weighted by Gasteiger charge is -2.16. The number of nitrogens with zero attached hydrogens (tertiary/aromatic N) is 2. The SMILES string of the molecule is COCC(C)n1cc(C)nc1Nc1cc(F)c(F)c(F)c1. The highest BCUT2D eigenvalue weighted by molar-refractivity contribution is 5.54. The molecule has 0 amide bonds. The van der Waals surface area contributed by atoms with Gasteiger partial charge in [-0.2, -0.15) is 0 Å². The minimum atomic E-state index is -1.49. The Morgan fingerprint density at radius 1 is 1.29 bits per heavy atom. The Balaban J connectivity index is 2.31. The van der Waals surface area contributed by atoms with Crippen LogP contribution in [0.1, 0.15) is 18.7 Å². The summed E-state index contributed by atoms with van der Waals surface area (Å²) in [5.41, 5.74) is 0.825. The van der Waals surface area contributed by atoms with Gasteiger partial charge in [-0.15, -0.1) is 0 Å². The van der Waals surface area contributed by atoms with Gasteiger partial charge in [0, 0.05) is 31.1 Å². The maximum atomic E-state index is 13.2. The first-order chi connectivity index (χ1) is 9.92. The number of aromatic nitrogens is 2. The number of benzene rings is 1. The molecule has 114 valence electrons. The number of halogens is 3. The van der Waals surface area contributed by atoms with Crippen LogP contribution in [-0.2, 0) is 4.74 Å². The van der Waals surface area contributed by atoms with Crippen molar-refractivity contribution in [3.8, 4) is 0 Å². The summed E-state index contributed by atoms with van der Waals surface area (Å²) < 4.78 is 46.3. The maximum Gasteiger partial charge on any atom is 0.207 e. The molecule has 0 spiro atoms. The molecule has 0 bridgehead atoms. The zero-order valence-electron chi connectivity index (χ0n) is 12.0. The van der Waals surface area contributed by atoms with Gasteiger partial charge in [0.25, 0.3) is 0 Å². The largest absolute Gasteiger partial charge is 0.383 e. The van der Waals surface area contributed by atoms with Gasteiger partial charge >= 0.3 is 0 Å². The average Bonchev–Trinajstić information content (AvgIpc) is 2.77. The molecule has 0 saturated heterocycles. The van der Waals surface area contributed by atoms with Crippen LogP contribution in [0.15, 0.2) is 18.3 Å². The monoisotopic (exact) mass is 299 g/mol. The first kappa shape index (κ1) is 15.4. The van der Waals surface area contributed by atoms with Gasteiger partial charge < -0.3 is 14.6 Å². The van der Waals surface area contributed by atoms with Crippen LogP contribution in [-0.4, -0.2) is 23.3 Å². The molecule has 0 aliphatic heterocycles. The Morgan fingerprint density at radius 3 is 2.48 bits per heavy atom. The number of hydrogen-bond donors (Lipinski definition) is 1. The van der Waals surface area contributed by atoms with E-state index in [2.05, 4.69) is 10.3 Å². The van der Waals surface area contributed by atoms with Crippen LogP contribution in [0.5, 0.6) is 0 Å². The second kappa shape index (κ2) is 6.17. The second-order valence-corrected chi connectivity index (χ2v) is 4.80. The summed E-state index contributed by atoms with van der Waals surface area (Å²) in [7, 11) is 1.58. The van der Waals surface area contributed by atoms with E-state index in [0.29, 0.717) is 12.6 Å². The van der Waals surface area contributed by atoms with Crippen LogP contribution in [0.25, 0.3) is 0 Å². The zero-order valence-corrected chi connectivity index (χ0v) is 12.0. The van der Waals surface area contributed by atoms with Gasteiger partial charge in [0.15, 0.2) is 17.5 Å². The van der Waals surface area contributed by atoms with Crippen molar-refractivity contribution in [1.29, 1.82) is 0 Å².